The molecular weight excluding hydrogens is 229 g/mol. The molecule has 2 aromatic rings. The minimum atomic E-state index is -0.948. The van der Waals surface area contributed by atoms with Crippen molar-refractivity contribution in [1.29, 1.82) is 0 Å². The Balaban J connectivity index is 2.64. The third-order valence-electron chi connectivity index (χ3n) is 1.96. The van der Waals surface area contributed by atoms with E-state index in [9.17, 15) is 8.78 Å². The minimum absolute atomic E-state index is 0.0358. The maximum Gasteiger partial charge on any atom is 0.482 e. The molecule has 0 aliphatic rings. The van der Waals surface area contributed by atoms with Crippen molar-refractivity contribution < 1.29 is 12.6 Å². The maximum absolute atomic E-state index is 13.5. The van der Waals surface area contributed by atoms with Crippen molar-refractivity contribution in [2.24, 2.45) is 0 Å². The molecule has 0 N–H and O–H groups in total. The molecule has 2 heterocycles. The summed E-state index contributed by atoms with van der Waals surface area (Å²) in [6, 6.07) is 5.97. The van der Waals surface area contributed by atoms with Gasteiger partial charge >= 0.3 is 16.6 Å². The highest BCUT2D eigenvalue weighted by molar-refractivity contribution is 6.00. The standard InChI is InChI=1S/C10H6F2N2O.Al/c11-8-5-7(15)9(10(12)14-8)6-3-1-2-4-13-6;/h1-5H,(H,14,15);/q;+1/p-1. The normalized spacial score (nSPS) is 10.1. The average Bonchev–Trinajstić information content (AvgIpc) is 2.29. The fraction of sp³-hybridized carbons (Fsp3) is 0. The van der Waals surface area contributed by atoms with Crippen LogP contribution >= 0.6 is 0 Å². The summed E-state index contributed by atoms with van der Waals surface area (Å²) in [6.45, 7) is 0. The van der Waals surface area contributed by atoms with Crippen LogP contribution in [0.4, 0.5) is 8.78 Å². The van der Waals surface area contributed by atoms with Gasteiger partial charge in [0, 0.05) is 12.3 Å². The lowest BCUT2D eigenvalue weighted by Gasteiger charge is -2.10. The molecular formula is C10H5AlF2N2O. The van der Waals surface area contributed by atoms with Gasteiger partial charge in [-0.2, -0.15) is 13.8 Å². The fourth-order valence-corrected chi connectivity index (χ4v) is 1.49. The van der Waals surface area contributed by atoms with Crippen molar-refractivity contribution in [2.45, 2.75) is 0 Å². The number of hydrogen-bond acceptors (Lipinski definition) is 3. The number of rotatable bonds is 2. The first-order chi connectivity index (χ1) is 7.72. The summed E-state index contributed by atoms with van der Waals surface area (Å²) < 4.78 is 31.2. The molecule has 0 fully saturated rings. The van der Waals surface area contributed by atoms with E-state index >= 15 is 0 Å². The van der Waals surface area contributed by atoms with E-state index in [4.69, 9.17) is 3.79 Å². The SMILES string of the molecule is Fc1cc([O][Al])c(-c2ccccn2)c(F)n1. The summed E-state index contributed by atoms with van der Waals surface area (Å²) in [6.07, 6.45) is 1.50. The lowest BCUT2D eigenvalue weighted by Crippen LogP contribution is -1.99. The monoisotopic (exact) mass is 234 g/mol. The molecule has 6 heteroatoms. The molecule has 16 heavy (non-hydrogen) atoms. The van der Waals surface area contributed by atoms with Gasteiger partial charge in [0.1, 0.15) is 0 Å². The Labute approximate surface area is 98.9 Å². The molecule has 2 rings (SSSR count). The largest absolute Gasteiger partial charge is 0.653 e. The Bertz CT molecular complexity index is 508. The Hall–Kier alpha value is -1.51. The van der Waals surface area contributed by atoms with Crippen LogP contribution in [0, 0.1) is 11.9 Å². The van der Waals surface area contributed by atoms with Crippen molar-refractivity contribution in [3.63, 3.8) is 0 Å². The highest BCUT2D eigenvalue weighted by Gasteiger charge is 2.15. The first-order valence-corrected chi connectivity index (χ1v) is 4.83. The first kappa shape index (κ1) is 11.0. The zero-order valence-electron chi connectivity index (χ0n) is 8.02. The molecule has 0 unspecified atom stereocenters. The first-order valence-electron chi connectivity index (χ1n) is 4.36. The molecule has 0 amide bonds. The van der Waals surface area contributed by atoms with E-state index in [2.05, 4.69) is 9.97 Å². The zero-order chi connectivity index (χ0) is 11.5. The van der Waals surface area contributed by atoms with E-state index in [1.807, 2.05) is 16.6 Å². The predicted molar refractivity (Wildman–Crippen MR) is 53.8 cm³/mol. The second kappa shape index (κ2) is 4.56. The van der Waals surface area contributed by atoms with Gasteiger partial charge in [0.2, 0.25) is 11.9 Å². The Morgan fingerprint density at radius 1 is 1.25 bits per heavy atom. The lowest BCUT2D eigenvalue weighted by molar-refractivity contribution is 0.498. The minimum Gasteiger partial charge on any atom is -0.653 e. The molecule has 0 saturated heterocycles. The van der Waals surface area contributed by atoms with E-state index in [-0.39, 0.29) is 11.3 Å². The number of pyridine rings is 2. The van der Waals surface area contributed by atoms with E-state index in [0.29, 0.717) is 5.69 Å². The summed E-state index contributed by atoms with van der Waals surface area (Å²) in [4.78, 5) is 7.05. The lowest BCUT2D eigenvalue weighted by atomic mass is 10.1. The molecule has 2 radical (unpaired) electrons. The number of nitrogens with zero attached hydrogens (tertiary/aromatic N) is 2. The van der Waals surface area contributed by atoms with Crippen LogP contribution in [-0.4, -0.2) is 26.6 Å². The number of aromatic nitrogens is 2. The van der Waals surface area contributed by atoms with Crippen LogP contribution in [0.1, 0.15) is 0 Å². The highest BCUT2D eigenvalue weighted by Crippen LogP contribution is 2.30. The molecule has 0 aromatic carbocycles. The van der Waals surface area contributed by atoms with E-state index in [1.165, 1.54) is 6.20 Å². The molecule has 0 saturated carbocycles. The molecule has 0 aliphatic heterocycles. The maximum atomic E-state index is 13.5. The number of halogens is 2. The molecule has 0 bridgehead atoms. The summed E-state index contributed by atoms with van der Waals surface area (Å²) in [7, 11) is 0. The highest BCUT2D eigenvalue weighted by atomic mass is 27.1. The van der Waals surface area contributed by atoms with Crippen LogP contribution in [0.5, 0.6) is 5.75 Å². The van der Waals surface area contributed by atoms with Crippen molar-refractivity contribution in [2.75, 3.05) is 0 Å². The van der Waals surface area contributed by atoms with Crippen LogP contribution in [0.2, 0.25) is 0 Å². The van der Waals surface area contributed by atoms with E-state index < -0.39 is 11.9 Å². The predicted octanol–water partition coefficient (Wildman–Crippen LogP) is 1.88. The van der Waals surface area contributed by atoms with Gasteiger partial charge in [0.05, 0.1) is 17.0 Å². The van der Waals surface area contributed by atoms with E-state index in [1.54, 1.807) is 18.2 Å². The quantitative estimate of drug-likeness (QED) is 0.587. The topological polar surface area (TPSA) is 35.0 Å². The van der Waals surface area contributed by atoms with Gasteiger partial charge in [-0.3, -0.25) is 4.98 Å². The van der Waals surface area contributed by atoms with Crippen LogP contribution in [0.25, 0.3) is 11.3 Å². The van der Waals surface area contributed by atoms with Crippen molar-refractivity contribution >= 4 is 16.6 Å². The van der Waals surface area contributed by atoms with Crippen LogP contribution in [-0.2, 0) is 0 Å². The average molecular weight is 234 g/mol. The summed E-state index contributed by atoms with van der Waals surface area (Å²) in [5.41, 5.74) is 0.377. The summed E-state index contributed by atoms with van der Waals surface area (Å²) >= 11 is 1.93. The second-order valence-corrected chi connectivity index (χ2v) is 3.18. The van der Waals surface area contributed by atoms with Gasteiger partial charge < -0.3 is 3.79 Å². The third kappa shape index (κ3) is 2.03. The Kier molecular flexibility index (Phi) is 3.13. The summed E-state index contributed by atoms with van der Waals surface area (Å²) in [5, 5.41) is 0. The van der Waals surface area contributed by atoms with Crippen LogP contribution in [0.3, 0.4) is 0 Å². The van der Waals surface area contributed by atoms with Gasteiger partial charge in [-0.05, 0) is 12.1 Å². The van der Waals surface area contributed by atoms with Gasteiger partial charge in [-0.1, -0.05) is 6.07 Å². The third-order valence-corrected chi connectivity index (χ3v) is 2.21. The van der Waals surface area contributed by atoms with E-state index in [0.717, 1.165) is 6.07 Å². The zero-order valence-corrected chi connectivity index (χ0v) is 9.18. The van der Waals surface area contributed by atoms with Gasteiger partial charge in [-0.15, -0.1) is 0 Å². The van der Waals surface area contributed by atoms with Crippen molar-refractivity contribution in [3.05, 3.63) is 42.4 Å². The smallest absolute Gasteiger partial charge is 0.482 e. The molecule has 78 valence electrons. The summed E-state index contributed by atoms with van der Waals surface area (Å²) in [5.74, 6) is -1.85. The molecule has 0 aliphatic carbocycles. The Morgan fingerprint density at radius 2 is 2.06 bits per heavy atom. The second-order valence-electron chi connectivity index (χ2n) is 2.94. The number of hydrogen-bond donors (Lipinski definition) is 0. The van der Waals surface area contributed by atoms with Gasteiger partial charge in [0.15, 0.2) is 0 Å². The van der Waals surface area contributed by atoms with Crippen LogP contribution in [0.15, 0.2) is 30.5 Å². The molecule has 0 atom stereocenters. The van der Waals surface area contributed by atoms with Crippen LogP contribution < -0.4 is 3.79 Å². The van der Waals surface area contributed by atoms with Crippen molar-refractivity contribution in [1.82, 2.24) is 9.97 Å². The molecule has 3 nitrogen and oxygen atoms in total. The molecule has 2 aromatic heterocycles. The van der Waals surface area contributed by atoms with Gasteiger partial charge in [0.25, 0.3) is 0 Å². The fourth-order valence-electron chi connectivity index (χ4n) is 1.30. The molecule has 0 spiro atoms. The van der Waals surface area contributed by atoms with Crippen molar-refractivity contribution in [3.8, 4) is 17.0 Å². The Morgan fingerprint density at radius 3 is 2.69 bits per heavy atom. The van der Waals surface area contributed by atoms with Gasteiger partial charge in [-0.25, -0.2) is 0 Å².